The highest BCUT2D eigenvalue weighted by molar-refractivity contribution is 5.68. The lowest BCUT2D eigenvalue weighted by molar-refractivity contribution is 0.0462. The van der Waals surface area contributed by atoms with Crippen molar-refractivity contribution in [1.82, 2.24) is 10.6 Å². The molecule has 1 atom stereocenters. The normalized spacial score (nSPS) is 26.0. The summed E-state index contributed by atoms with van der Waals surface area (Å²) in [6.07, 6.45) is 1.40. The lowest BCUT2D eigenvalue weighted by atomic mass is 9.86. The van der Waals surface area contributed by atoms with Crippen LogP contribution < -0.4 is 15.4 Å². The number of fused-ring (bicyclic) bond motifs is 1. The van der Waals surface area contributed by atoms with Crippen LogP contribution in [-0.4, -0.2) is 35.5 Å². The minimum absolute atomic E-state index is 0.137. The Morgan fingerprint density at radius 3 is 2.74 bits per heavy atom. The van der Waals surface area contributed by atoms with Gasteiger partial charge in [0.15, 0.2) is 0 Å². The molecule has 0 aromatic heterocycles. The van der Waals surface area contributed by atoms with Gasteiger partial charge in [0, 0.05) is 23.7 Å². The molecule has 0 bridgehead atoms. The summed E-state index contributed by atoms with van der Waals surface area (Å²) in [6, 6.07) is 5.86. The maximum atomic E-state index is 11.7. The molecule has 1 fully saturated rings. The van der Waals surface area contributed by atoms with Crippen molar-refractivity contribution < 1.29 is 19.4 Å². The Balaban J connectivity index is 1.44. The minimum Gasteiger partial charge on any atom is -0.508 e. The fourth-order valence-electron chi connectivity index (χ4n) is 2.97. The molecule has 2 aliphatic rings. The molecular formula is C17H24N2O4. The zero-order chi connectivity index (χ0) is 16.6. The Labute approximate surface area is 136 Å². The molecule has 126 valence electrons. The number of hydrogen-bond acceptors (Lipinski definition) is 5. The van der Waals surface area contributed by atoms with Crippen LogP contribution in [0.5, 0.6) is 11.5 Å². The summed E-state index contributed by atoms with van der Waals surface area (Å²) in [5.74, 6) is 0.958. The van der Waals surface area contributed by atoms with E-state index < -0.39 is 5.60 Å². The van der Waals surface area contributed by atoms with Crippen LogP contribution in [0.4, 0.5) is 4.79 Å². The summed E-state index contributed by atoms with van der Waals surface area (Å²) in [6.45, 7) is 6.13. The summed E-state index contributed by atoms with van der Waals surface area (Å²) < 4.78 is 10.9. The third-order valence-corrected chi connectivity index (χ3v) is 4.07. The predicted octanol–water partition coefficient (Wildman–Crippen LogP) is 2.47. The SMILES string of the molecule is CC(C)(C)OC(=O)NC1CC(NC2COc3cc(O)ccc32)C1. The Hall–Kier alpha value is -1.95. The molecule has 1 saturated carbocycles. The summed E-state index contributed by atoms with van der Waals surface area (Å²) >= 11 is 0. The molecule has 1 aliphatic heterocycles. The van der Waals surface area contributed by atoms with Gasteiger partial charge in [-0.05, 0) is 45.7 Å². The fourth-order valence-corrected chi connectivity index (χ4v) is 2.97. The molecule has 1 unspecified atom stereocenters. The molecule has 1 aliphatic carbocycles. The Kier molecular flexibility index (Phi) is 4.10. The number of rotatable bonds is 3. The molecule has 0 saturated heterocycles. The minimum atomic E-state index is -0.470. The van der Waals surface area contributed by atoms with Crippen molar-refractivity contribution in [3.8, 4) is 11.5 Å². The van der Waals surface area contributed by atoms with Crippen LogP contribution in [0.3, 0.4) is 0 Å². The van der Waals surface area contributed by atoms with Crippen molar-refractivity contribution in [3.63, 3.8) is 0 Å². The number of ether oxygens (including phenoxy) is 2. The molecule has 6 nitrogen and oxygen atoms in total. The van der Waals surface area contributed by atoms with Crippen LogP contribution in [0, 0.1) is 0 Å². The van der Waals surface area contributed by atoms with E-state index in [0.29, 0.717) is 12.6 Å². The monoisotopic (exact) mass is 320 g/mol. The lowest BCUT2D eigenvalue weighted by Crippen LogP contribution is -2.53. The van der Waals surface area contributed by atoms with E-state index in [0.717, 1.165) is 24.2 Å². The van der Waals surface area contributed by atoms with Crippen LogP contribution in [0.15, 0.2) is 18.2 Å². The number of phenolic OH excluding ortho intramolecular Hbond substituents is 1. The number of benzene rings is 1. The zero-order valence-corrected chi connectivity index (χ0v) is 13.8. The van der Waals surface area contributed by atoms with Crippen LogP contribution in [0.2, 0.25) is 0 Å². The van der Waals surface area contributed by atoms with Crippen LogP contribution in [0.25, 0.3) is 0 Å². The second kappa shape index (κ2) is 5.92. The number of phenols is 1. The molecule has 1 aromatic rings. The van der Waals surface area contributed by atoms with Gasteiger partial charge >= 0.3 is 6.09 Å². The van der Waals surface area contributed by atoms with Gasteiger partial charge in [-0.15, -0.1) is 0 Å². The predicted molar refractivity (Wildman–Crippen MR) is 85.7 cm³/mol. The van der Waals surface area contributed by atoms with Gasteiger partial charge in [-0.25, -0.2) is 4.79 Å². The summed E-state index contributed by atoms with van der Waals surface area (Å²) in [4.78, 5) is 11.7. The largest absolute Gasteiger partial charge is 0.508 e. The van der Waals surface area contributed by atoms with Gasteiger partial charge in [-0.3, -0.25) is 0 Å². The maximum absolute atomic E-state index is 11.7. The number of carbonyl (C=O) groups excluding carboxylic acids is 1. The van der Waals surface area contributed by atoms with E-state index in [2.05, 4.69) is 10.6 Å². The Morgan fingerprint density at radius 1 is 1.30 bits per heavy atom. The fraction of sp³-hybridized carbons (Fsp3) is 0.588. The average molecular weight is 320 g/mol. The van der Waals surface area contributed by atoms with Crippen molar-refractivity contribution in [3.05, 3.63) is 23.8 Å². The Bertz CT molecular complexity index is 591. The van der Waals surface area contributed by atoms with Crippen molar-refractivity contribution >= 4 is 6.09 Å². The number of nitrogens with one attached hydrogen (secondary N) is 2. The lowest BCUT2D eigenvalue weighted by Gasteiger charge is -2.38. The molecule has 3 rings (SSSR count). The van der Waals surface area contributed by atoms with Crippen LogP contribution in [-0.2, 0) is 4.74 Å². The van der Waals surface area contributed by atoms with Gasteiger partial charge in [0.2, 0.25) is 0 Å². The number of aromatic hydroxyl groups is 1. The zero-order valence-electron chi connectivity index (χ0n) is 13.8. The molecule has 0 radical (unpaired) electrons. The topological polar surface area (TPSA) is 79.8 Å². The van der Waals surface area contributed by atoms with Crippen molar-refractivity contribution in [2.24, 2.45) is 0 Å². The van der Waals surface area contributed by atoms with E-state index in [9.17, 15) is 9.90 Å². The van der Waals surface area contributed by atoms with Crippen molar-refractivity contribution in [2.75, 3.05) is 6.61 Å². The van der Waals surface area contributed by atoms with Crippen molar-refractivity contribution in [2.45, 2.75) is 57.3 Å². The number of alkyl carbamates (subject to hydrolysis) is 1. The van der Waals surface area contributed by atoms with E-state index in [1.165, 1.54) is 0 Å². The smallest absolute Gasteiger partial charge is 0.407 e. The van der Waals surface area contributed by atoms with E-state index in [1.807, 2.05) is 26.8 Å². The van der Waals surface area contributed by atoms with Gasteiger partial charge in [-0.2, -0.15) is 0 Å². The van der Waals surface area contributed by atoms with Gasteiger partial charge in [-0.1, -0.05) is 0 Å². The Morgan fingerprint density at radius 2 is 2.04 bits per heavy atom. The van der Waals surface area contributed by atoms with Gasteiger partial charge < -0.3 is 25.2 Å². The van der Waals surface area contributed by atoms with Gasteiger partial charge in [0.1, 0.15) is 23.7 Å². The second-order valence-electron chi connectivity index (χ2n) is 7.26. The summed E-state index contributed by atoms with van der Waals surface area (Å²) in [5, 5.41) is 15.9. The number of hydrogen-bond donors (Lipinski definition) is 3. The first-order chi connectivity index (χ1) is 10.8. The third kappa shape index (κ3) is 3.88. The molecule has 1 aromatic carbocycles. The van der Waals surface area contributed by atoms with Gasteiger partial charge in [0.25, 0.3) is 0 Å². The maximum Gasteiger partial charge on any atom is 0.407 e. The first-order valence-corrected chi connectivity index (χ1v) is 8.01. The first kappa shape index (κ1) is 15.9. The van der Waals surface area contributed by atoms with Crippen LogP contribution >= 0.6 is 0 Å². The highest BCUT2D eigenvalue weighted by Gasteiger charge is 2.35. The molecule has 1 heterocycles. The quantitative estimate of drug-likeness (QED) is 0.797. The molecule has 0 spiro atoms. The summed E-state index contributed by atoms with van der Waals surface area (Å²) in [7, 11) is 0. The molecule has 1 amide bonds. The van der Waals surface area contributed by atoms with Crippen LogP contribution in [0.1, 0.15) is 45.2 Å². The molecule has 23 heavy (non-hydrogen) atoms. The molecule has 3 N–H and O–H groups in total. The molecular weight excluding hydrogens is 296 g/mol. The second-order valence-corrected chi connectivity index (χ2v) is 7.26. The third-order valence-electron chi connectivity index (χ3n) is 4.07. The number of carbonyl (C=O) groups is 1. The van der Waals surface area contributed by atoms with E-state index in [-0.39, 0.29) is 23.9 Å². The summed E-state index contributed by atoms with van der Waals surface area (Å²) in [5.41, 5.74) is 0.605. The first-order valence-electron chi connectivity index (χ1n) is 8.01. The van der Waals surface area contributed by atoms with E-state index in [4.69, 9.17) is 9.47 Å². The highest BCUT2D eigenvalue weighted by Crippen LogP contribution is 2.36. The average Bonchev–Trinajstić information content (AvgIpc) is 2.76. The van der Waals surface area contributed by atoms with Crippen molar-refractivity contribution in [1.29, 1.82) is 0 Å². The highest BCUT2D eigenvalue weighted by atomic mass is 16.6. The molecule has 6 heteroatoms. The number of amides is 1. The van der Waals surface area contributed by atoms with Gasteiger partial charge in [0.05, 0.1) is 6.04 Å². The van der Waals surface area contributed by atoms with E-state index in [1.54, 1.807) is 12.1 Å². The van der Waals surface area contributed by atoms with E-state index >= 15 is 0 Å². The standard InChI is InChI=1S/C17H24N2O4/c1-17(2,3)23-16(21)19-11-6-10(7-11)18-14-9-22-15-8-12(20)4-5-13(14)15/h4-5,8,10-11,14,18,20H,6-7,9H2,1-3H3,(H,19,21).